The van der Waals surface area contributed by atoms with Gasteiger partial charge in [-0.1, -0.05) is 0 Å². The molecule has 0 saturated carbocycles. The van der Waals surface area contributed by atoms with E-state index in [1.807, 2.05) is 6.92 Å². The Hall–Kier alpha value is -0.870. The lowest BCUT2D eigenvalue weighted by Gasteiger charge is -2.12. The van der Waals surface area contributed by atoms with E-state index in [9.17, 15) is 4.79 Å². The minimum Gasteiger partial charge on any atom is -0.463 e. The molecular weight excluding hydrogens is 184 g/mol. The van der Waals surface area contributed by atoms with Gasteiger partial charge >= 0.3 is 5.97 Å². The molecule has 14 heavy (non-hydrogen) atoms. The van der Waals surface area contributed by atoms with Crippen LogP contribution in [0.15, 0.2) is 11.1 Å². The van der Waals surface area contributed by atoms with Crippen molar-refractivity contribution in [3.05, 3.63) is 11.1 Å². The van der Waals surface area contributed by atoms with Crippen LogP contribution < -0.4 is 0 Å². The molecule has 4 nitrogen and oxygen atoms in total. The van der Waals surface area contributed by atoms with Crippen LogP contribution in [0, 0.1) is 0 Å². The zero-order chi connectivity index (χ0) is 10.6. The van der Waals surface area contributed by atoms with E-state index in [0.717, 1.165) is 5.57 Å². The van der Waals surface area contributed by atoms with E-state index in [1.165, 1.54) is 0 Å². The van der Waals surface area contributed by atoms with Gasteiger partial charge in [-0.2, -0.15) is 0 Å². The van der Waals surface area contributed by atoms with E-state index in [2.05, 4.69) is 0 Å². The first-order chi connectivity index (χ1) is 6.66. The fourth-order valence-corrected chi connectivity index (χ4v) is 1.19. The zero-order valence-electron chi connectivity index (χ0n) is 8.83. The van der Waals surface area contributed by atoms with Crippen molar-refractivity contribution < 1.29 is 19.0 Å². The summed E-state index contributed by atoms with van der Waals surface area (Å²) in [6, 6.07) is 0. The summed E-state index contributed by atoms with van der Waals surface area (Å²) in [4.78, 5) is 11.3. The number of hydrogen-bond acceptors (Lipinski definition) is 4. The van der Waals surface area contributed by atoms with Crippen LogP contribution in [0.25, 0.3) is 0 Å². The molecule has 0 N–H and O–H groups in total. The first-order valence-corrected chi connectivity index (χ1v) is 4.74. The summed E-state index contributed by atoms with van der Waals surface area (Å²) in [6.45, 7) is 6.87. The quantitative estimate of drug-likeness (QED) is 0.508. The standard InChI is InChI=1S/C10H16O4/c1-4-12-9(11)7(2)8(3)10-13-5-6-14-10/h10H,4-6H2,1-3H3. The first kappa shape index (κ1) is 11.2. The summed E-state index contributed by atoms with van der Waals surface area (Å²) in [5.41, 5.74) is 1.36. The lowest BCUT2D eigenvalue weighted by molar-refractivity contribution is -0.138. The molecule has 0 aromatic heterocycles. The van der Waals surface area contributed by atoms with Crippen LogP contribution in [-0.4, -0.2) is 32.1 Å². The second-order valence-corrected chi connectivity index (χ2v) is 3.10. The smallest absolute Gasteiger partial charge is 0.333 e. The third-order valence-electron chi connectivity index (χ3n) is 2.15. The monoisotopic (exact) mass is 200 g/mol. The van der Waals surface area contributed by atoms with Gasteiger partial charge in [0.05, 0.1) is 19.8 Å². The molecule has 1 aliphatic heterocycles. The topological polar surface area (TPSA) is 44.8 Å². The maximum Gasteiger partial charge on any atom is 0.333 e. The van der Waals surface area contributed by atoms with Gasteiger partial charge in [-0.15, -0.1) is 0 Å². The van der Waals surface area contributed by atoms with Crippen LogP contribution >= 0.6 is 0 Å². The maximum absolute atomic E-state index is 11.3. The van der Waals surface area contributed by atoms with Crippen molar-refractivity contribution in [2.75, 3.05) is 19.8 Å². The molecule has 0 spiro atoms. The Bertz CT molecular complexity index is 239. The maximum atomic E-state index is 11.3. The number of ether oxygens (including phenoxy) is 3. The van der Waals surface area contributed by atoms with E-state index in [-0.39, 0.29) is 12.3 Å². The van der Waals surface area contributed by atoms with Crippen molar-refractivity contribution in [3.8, 4) is 0 Å². The molecule has 0 bridgehead atoms. The molecule has 1 aliphatic rings. The molecule has 0 amide bonds. The van der Waals surface area contributed by atoms with Crippen molar-refractivity contribution in [1.82, 2.24) is 0 Å². The Morgan fingerprint density at radius 3 is 2.43 bits per heavy atom. The van der Waals surface area contributed by atoms with Crippen LogP contribution in [0.3, 0.4) is 0 Å². The molecule has 1 saturated heterocycles. The first-order valence-electron chi connectivity index (χ1n) is 4.74. The van der Waals surface area contributed by atoms with Crippen molar-refractivity contribution in [2.24, 2.45) is 0 Å². The molecule has 0 radical (unpaired) electrons. The number of carbonyl (C=O) groups excluding carboxylic acids is 1. The molecule has 1 heterocycles. The molecule has 0 aliphatic carbocycles. The fourth-order valence-electron chi connectivity index (χ4n) is 1.19. The highest BCUT2D eigenvalue weighted by Crippen LogP contribution is 2.17. The van der Waals surface area contributed by atoms with Crippen LogP contribution in [0.2, 0.25) is 0 Å². The summed E-state index contributed by atoms with van der Waals surface area (Å²) in [6.07, 6.45) is -0.376. The van der Waals surface area contributed by atoms with E-state index < -0.39 is 0 Å². The van der Waals surface area contributed by atoms with Crippen LogP contribution in [-0.2, 0) is 19.0 Å². The lowest BCUT2D eigenvalue weighted by Crippen LogP contribution is -2.15. The Morgan fingerprint density at radius 1 is 1.36 bits per heavy atom. The summed E-state index contributed by atoms with van der Waals surface area (Å²) in [5, 5.41) is 0. The molecular formula is C10H16O4. The Morgan fingerprint density at radius 2 is 1.93 bits per heavy atom. The van der Waals surface area contributed by atoms with E-state index in [4.69, 9.17) is 14.2 Å². The van der Waals surface area contributed by atoms with Gasteiger partial charge < -0.3 is 14.2 Å². The van der Waals surface area contributed by atoms with Gasteiger partial charge in [0.25, 0.3) is 0 Å². The highest BCUT2D eigenvalue weighted by molar-refractivity contribution is 5.88. The minimum absolute atomic E-state index is 0.302. The van der Waals surface area contributed by atoms with Gasteiger partial charge in [0, 0.05) is 5.57 Å². The zero-order valence-corrected chi connectivity index (χ0v) is 8.83. The van der Waals surface area contributed by atoms with Crippen molar-refractivity contribution in [3.63, 3.8) is 0 Å². The Balaban J connectivity index is 2.65. The molecule has 0 aromatic rings. The van der Waals surface area contributed by atoms with E-state index in [1.54, 1.807) is 13.8 Å². The summed E-state index contributed by atoms with van der Waals surface area (Å²) < 4.78 is 15.4. The minimum atomic E-state index is -0.376. The van der Waals surface area contributed by atoms with E-state index >= 15 is 0 Å². The van der Waals surface area contributed by atoms with Gasteiger partial charge in [0.1, 0.15) is 0 Å². The molecule has 1 fully saturated rings. The van der Waals surface area contributed by atoms with Crippen molar-refractivity contribution >= 4 is 5.97 Å². The van der Waals surface area contributed by atoms with Gasteiger partial charge in [-0.05, 0) is 26.3 Å². The third kappa shape index (κ3) is 2.56. The Labute approximate surface area is 83.8 Å². The predicted octanol–water partition coefficient (Wildman–Crippen LogP) is 1.26. The van der Waals surface area contributed by atoms with Gasteiger partial charge in [0.15, 0.2) is 6.29 Å². The molecule has 4 heteroatoms. The van der Waals surface area contributed by atoms with Crippen LogP contribution in [0.4, 0.5) is 0 Å². The predicted molar refractivity (Wildman–Crippen MR) is 50.7 cm³/mol. The van der Waals surface area contributed by atoms with Gasteiger partial charge in [0.2, 0.25) is 0 Å². The number of rotatable bonds is 3. The molecule has 0 atom stereocenters. The second kappa shape index (κ2) is 5.12. The normalized spacial score (nSPS) is 19.4. The van der Waals surface area contributed by atoms with Gasteiger partial charge in [-0.25, -0.2) is 4.79 Å². The molecule has 0 aromatic carbocycles. The average molecular weight is 200 g/mol. The van der Waals surface area contributed by atoms with Crippen LogP contribution in [0.5, 0.6) is 0 Å². The molecule has 80 valence electrons. The fraction of sp³-hybridized carbons (Fsp3) is 0.700. The largest absolute Gasteiger partial charge is 0.463 e. The van der Waals surface area contributed by atoms with Crippen molar-refractivity contribution in [2.45, 2.75) is 27.1 Å². The van der Waals surface area contributed by atoms with Crippen LogP contribution in [0.1, 0.15) is 20.8 Å². The SMILES string of the molecule is CCOC(=O)C(C)=C(C)C1OCCO1. The second-order valence-electron chi connectivity index (χ2n) is 3.10. The van der Waals surface area contributed by atoms with Crippen molar-refractivity contribution in [1.29, 1.82) is 0 Å². The number of hydrogen-bond donors (Lipinski definition) is 0. The Kier molecular flexibility index (Phi) is 4.10. The molecule has 0 unspecified atom stereocenters. The number of carbonyl (C=O) groups is 1. The van der Waals surface area contributed by atoms with Gasteiger partial charge in [-0.3, -0.25) is 0 Å². The summed E-state index contributed by atoms with van der Waals surface area (Å²) in [5.74, 6) is -0.302. The average Bonchev–Trinajstić information content (AvgIpc) is 2.68. The number of esters is 1. The molecule has 1 rings (SSSR count). The lowest BCUT2D eigenvalue weighted by atomic mass is 10.1. The van der Waals surface area contributed by atoms with E-state index in [0.29, 0.717) is 25.4 Å². The highest BCUT2D eigenvalue weighted by Gasteiger charge is 2.22. The third-order valence-corrected chi connectivity index (χ3v) is 2.15. The summed E-state index contributed by atoms with van der Waals surface area (Å²) in [7, 11) is 0. The summed E-state index contributed by atoms with van der Waals surface area (Å²) >= 11 is 0. The highest BCUT2D eigenvalue weighted by atomic mass is 16.7.